The molecular weight excluding hydrogens is 303 g/mol. The number of amides is 1. The number of nitrogens with zero attached hydrogens (tertiary/aromatic N) is 1. The van der Waals surface area contributed by atoms with Gasteiger partial charge in [-0.15, -0.1) is 0 Å². The third-order valence-corrected chi connectivity index (χ3v) is 4.85. The Labute approximate surface area is 135 Å². The van der Waals surface area contributed by atoms with Gasteiger partial charge in [-0.2, -0.15) is 0 Å². The van der Waals surface area contributed by atoms with Gasteiger partial charge in [-0.25, -0.2) is 13.2 Å². The Morgan fingerprint density at radius 3 is 2.48 bits per heavy atom. The van der Waals surface area contributed by atoms with E-state index >= 15 is 0 Å². The average Bonchev–Trinajstić information content (AvgIpc) is 2.53. The van der Waals surface area contributed by atoms with Crippen molar-refractivity contribution >= 4 is 5.91 Å². The fourth-order valence-corrected chi connectivity index (χ4v) is 3.23. The van der Waals surface area contributed by atoms with Crippen molar-refractivity contribution in [1.29, 1.82) is 0 Å². The lowest BCUT2D eigenvalue weighted by atomic mass is 9.88. The van der Waals surface area contributed by atoms with Crippen LogP contribution in [0.5, 0.6) is 0 Å². The van der Waals surface area contributed by atoms with Gasteiger partial charge in [0, 0.05) is 6.54 Å². The summed E-state index contributed by atoms with van der Waals surface area (Å²) in [6.45, 7) is 6.42. The van der Waals surface area contributed by atoms with Gasteiger partial charge < -0.3 is 4.90 Å². The summed E-state index contributed by atoms with van der Waals surface area (Å²) in [5.41, 5.74) is -2.81. The molecule has 23 heavy (non-hydrogen) atoms. The predicted octanol–water partition coefficient (Wildman–Crippen LogP) is 4.79. The summed E-state index contributed by atoms with van der Waals surface area (Å²) in [6, 6.07) is -0.718. The van der Waals surface area contributed by atoms with E-state index in [1.54, 1.807) is 6.92 Å². The first kappa shape index (κ1) is 17.8. The number of hydrogen-bond donors (Lipinski definition) is 0. The van der Waals surface area contributed by atoms with Crippen molar-refractivity contribution in [3.63, 3.8) is 0 Å². The Morgan fingerprint density at radius 2 is 1.87 bits per heavy atom. The smallest absolute Gasteiger partial charge is 0.265 e. The number of alkyl halides is 1. The summed E-state index contributed by atoms with van der Waals surface area (Å²) in [5.74, 6) is -2.79. The molecule has 0 aromatic carbocycles. The van der Waals surface area contributed by atoms with Gasteiger partial charge in [0.15, 0.2) is 11.7 Å². The number of allylic oxidation sites excluding steroid dienone is 3. The lowest BCUT2D eigenvalue weighted by molar-refractivity contribution is -0.142. The molecule has 1 saturated carbocycles. The summed E-state index contributed by atoms with van der Waals surface area (Å²) in [7, 11) is 0. The molecule has 128 valence electrons. The zero-order valence-electron chi connectivity index (χ0n) is 13.7. The van der Waals surface area contributed by atoms with Gasteiger partial charge in [-0.3, -0.25) is 4.79 Å². The normalized spacial score (nSPS) is 35.7. The zero-order valence-corrected chi connectivity index (χ0v) is 13.7. The molecule has 1 amide bonds. The van der Waals surface area contributed by atoms with Crippen LogP contribution < -0.4 is 0 Å². The molecule has 0 bridgehead atoms. The van der Waals surface area contributed by atoms with Crippen molar-refractivity contribution in [1.82, 2.24) is 4.90 Å². The van der Waals surface area contributed by atoms with E-state index in [-0.39, 0.29) is 11.5 Å². The highest BCUT2D eigenvalue weighted by atomic mass is 19.2. The maximum absolute atomic E-state index is 14.9. The number of carbonyl (C=O) groups excluding carboxylic acids is 1. The van der Waals surface area contributed by atoms with Crippen molar-refractivity contribution in [3.05, 3.63) is 36.0 Å². The molecule has 0 N–H and O–H groups in total. The summed E-state index contributed by atoms with van der Waals surface area (Å²) >= 11 is 0. The molecule has 1 fully saturated rings. The molecule has 2 rings (SSSR count). The molecule has 1 aliphatic carbocycles. The first-order valence-electron chi connectivity index (χ1n) is 8.17. The van der Waals surface area contributed by atoms with Crippen LogP contribution >= 0.6 is 0 Å². The fraction of sp³-hybridized carbons (Fsp3) is 0.611. The predicted molar refractivity (Wildman–Crippen MR) is 84.8 cm³/mol. The molecular formula is C18H24F3NO. The van der Waals surface area contributed by atoms with E-state index in [4.69, 9.17) is 0 Å². The minimum Gasteiger partial charge on any atom is -0.333 e. The zero-order chi connectivity index (χ0) is 17.2. The van der Waals surface area contributed by atoms with Gasteiger partial charge in [0.25, 0.3) is 5.91 Å². The minimum atomic E-state index is -2.45. The highest BCUT2D eigenvalue weighted by molar-refractivity contribution is 5.89. The number of carbonyl (C=O) groups is 1. The first-order chi connectivity index (χ1) is 10.7. The molecule has 0 aromatic heterocycles. The largest absolute Gasteiger partial charge is 0.333 e. The molecule has 5 heteroatoms. The Balaban J connectivity index is 2.34. The van der Waals surface area contributed by atoms with Crippen molar-refractivity contribution in [2.45, 2.75) is 57.7 Å². The molecule has 2 unspecified atom stereocenters. The van der Waals surface area contributed by atoms with Gasteiger partial charge in [0.05, 0.1) is 6.04 Å². The highest BCUT2D eigenvalue weighted by Crippen LogP contribution is 2.32. The fourth-order valence-electron chi connectivity index (χ4n) is 3.23. The number of hydrogen-bond acceptors (Lipinski definition) is 1. The molecule has 2 aliphatic rings. The summed E-state index contributed by atoms with van der Waals surface area (Å²) in [6.07, 6.45) is 6.98. The SMILES string of the molecule is C=C1/C=C(F)\C(F)=C/C(C)N(CC2CCCCC2)C(=O)C1(C)F. The molecule has 0 radical (unpaired) electrons. The molecule has 1 aliphatic heterocycles. The number of rotatable bonds is 2. The van der Waals surface area contributed by atoms with Crippen LogP contribution in [0.3, 0.4) is 0 Å². The van der Waals surface area contributed by atoms with Gasteiger partial charge in [0.1, 0.15) is 0 Å². The van der Waals surface area contributed by atoms with Crippen molar-refractivity contribution < 1.29 is 18.0 Å². The Morgan fingerprint density at radius 1 is 1.26 bits per heavy atom. The quantitative estimate of drug-likeness (QED) is 0.714. The van der Waals surface area contributed by atoms with E-state index in [1.165, 1.54) is 11.3 Å². The van der Waals surface area contributed by atoms with Crippen LogP contribution in [0.2, 0.25) is 0 Å². The third kappa shape index (κ3) is 3.88. The van der Waals surface area contributed by atoms with Crippen LogP contribution in [0.4, 0.5) is 13.2 Å². The molecule has 0 saturated heterocycles. The maximum Gasteiger partial charge on any atom is 0.265 e. The van der Waals surface area contributed by atoms with E-state index in [9.17, 15) is 18.0 Å². The van der Waals surface area contributed by atoms with Gasteiger partial charge in [-0.05, 0) is 50.3 Å². The number of halogens is 3. The Kier molecular flexibility index (Phi) is 5.37. The van der Waals surface area contributed by atoms with Crippen molar-refractivity contribution in [2.75, 3.05) is 6.54 Å². The second-order valence-corrected chi connectivity index (χ2v) is 6.74. The van der Waals surface area contributed by atoms with Crippen LogP contribution in [0, 0.1) is 5.92 Å². The van der Waals surface area contributed by atoms with Crippen molar-refractivity contribution in [3.8, 4) is 0 Å². The second kappa shape index (κ2) is 6.93. The van der Waals surface area contributed by atoms with Gasteiger partial charge in [-0.1, -0.05) is 25.8 Å². The van der Waals surface area contributed by atoms with Gasteiger partial charge >= 0.3 is 0 Å². The van der Waals surface area contributed by atoms with E-state index in [0.717, 1.165) is 38.7 Å². The van der Waals surface area contributed by atoms with E-state index in [0.29, 0.717) is 12.6 Å². The molecule has 0 aromatic rings. The van der Waals surface area contributed by atoms with Crippen LogP contribution in [-0.2, 0) is 4.79 Å². The highest BCUT2D eigenvalue weighted by Gasteiger charge is 2.42. The standard InChI is InChI=1S/C18H24F3NO/c1-12-9-15(19)16(20)10-13(2)22(17(23)18(12,3)21)11-14-7-5-4-6-8-14/h9-10,13-14H,1,4-8,11H2,2-3H3/b15-9+,16-10+. The monoisotopic (exact) mass is 327 g/mol. The lowest BCUT2D eigenvalue weighted by Gasteiger charge is -2.36. The summed E-state index contributed by atoms with van der Waals surface area (Å²) < 4.78 is 42.5. The molecule has 2 atom stereocenters. The average molecular weight is 327 g/mol. The van der Waals surface area contributed by atoms with Crippen LogP contribution in [0.15, 0.2) is 36.0 Å². The second-order valence-electron chi connectivity index (χ2n) is 6.74. The molecule has 0 spiro atoms. The minimum absolute atomic E-state index is 0.272. The van der Waals surface area contributed by atoms with Crippen LogP contribution in [0.25, 0.3) is 0 Å². The first-order valence-corrected chi connectivity index (χ1v) is 8.17. The van der Waals surface area contributed by atoms with E-state index in [2.05, 4.69) is 6.58 Å². The third-order valence-electron chi connectivity index (χ3n) is 4.85. The topological polar surface area (TPSA) is 20.3 Å². The summed E-state index contributed by atoms with van der Waals surface area (Å²) in [5, 5.41) is 0. The van der Waals surface area contributed by atoms with E-state index < -0.39 is 29.3 Å². The van der Waals surface area contributed by atoms with E-state index in [1.807, 2.05) is 0 Å². The molecule has 1 heterocycles. The van der Waals surface area contributed by atoms with Crippen LogP contribution in [-0.4, -0.2) is 29.1 Å². The molecule has 2 nitrogen and oxygen atoms in total. The van der Waals surface area contributed by atoms with Crippen LogP contribution in [0.1, 0.15) is 46.0 Å². The summed E-state index contributed by atoms with van der Waals surface area (Å²) in [4.78, 5) is 14.0. The van der Waals surface area contributed by atoms with Gasteiger partial charge in [0.2, 0.25) is 5.67 Å². The van der Waals surface area contributed by atoms with Crippen molar-refractivity contribution in [2.24, 2.45) is 5.92 Å². The Bertz CT molecular complexity index is 544. The maximum atomic E-state index is 14.9. The lowest BCUT2D eigenvalue weighted by Crippen LogP contribution is -2.50. The Hall–Kier alpha value is -1.52.